The van der Waals surface area contributed by atoms with Gasteiger partial charge in [-0.15, -0.1) is 0 Å². The van der Waals surface area contributed by atoms with Crippen molar-refractivity contribution in [2.75, 3.05) is 0 Å². The van der Waals surface area contributed by atoms with Gasteiger partial charge in [0.1, 0.15) is 0 Å². The van der Waals surface area contributed by atoms with E-state index in [0.29, 0.717) is 0 Å². The highest BCUT2D eigenvalue weighted by Crippen LogP contribution is 2.26. The van der Waals surface area contributed by atoms with E-state index in [1.165, 1.54) is 36.0 Å². The van der Waals surface area contributed by atoms with Crippen LogP contribution in [0.4, 0.5) is 4.79 Å². The van der Waals surface area contributed by atoms with Gasteiger partial charge in [0.05, 0.1) is 6.04 Å². The molecule has 1 unspecified atom stereocenters. The van der Waals surface area contributed by atoms with Gasteiger partial charge in [-0.2, -0.15) is 0 Å². The lowest BCUT2D eigenvalue weighted by Crippen LogP contribution is -2.35. The van der Waals surface area contributed by atoms with E-state index < -0.39 is 0 Å². The number of amides is 2. The Morgan fingerprint density at radius 2 is 1.85 bits per heavy atom. The number of aryl methyl sites for hydroxylation is 2. The van der Waals surface area contributed by atoms with E-state index in [-0.39, 0.29) is 12.1 Å². The normalized spacial score (nSPS) is 14.7. The summed E-state index contributed by atoms with van der Waals surface area (Å²) in [5.41, 5.74) is 5.15. The lowest BCUT2D eigenvalue weighted by molar-refractivity contribution is 0.240. The molecule has 1 aliphatic rings. The van der Waals surface area contributed by atoms with Crippen LogP contribution in [-0.4, -0.2) is 6.03 Å². The Hall–Kier alpha value is -2.07. The van der Waals surface area contributed by atoms with Gasteiger partial charge in [0.15, 0.2) is 0 Å². The molecule has 3 rings (SSSR count). The second kappa shape index (κ2) is 9.04. The lowest BCUT2D eigenvalue weighted by atomic mass is 9.89. The van der Waals surface area contributed by atoms with Crippen LogP contribution in [0.15, 0.2) is 53.1 Å². The van der Waals surface area contributed by atoms with Crippen LogP contribution in [0.1, 0.15) is 54.5 Å². The minimum absolute atomic E-state index is 0.0308. The van der Waals surface area contributed by atoms with Gasteiger partial charge in [0.25, 0.3) is 0 Å². The van der Waals surface area contributed by atoms with Crippen LogP contribution in [-0.2, 0) is 12.8 Å². The molecule has 0 saturated heterocycles. The first-order valence-corrected chi connectivity index (χ1v) is 10.1. The summed E-state index contributed by atoms with van der Waals surface area (Å²) in [6, 6.07) is 14.5. The van der Waals surface area contributed by atoms with Crippen LogP contribution in [0.2, 0.25) is 0 Å². The molecule has 0 spiro atoms. The summed E-state index contributed by atoms with van der Waals surface area (Å²) >= 11 is 3.41. The topological polar surface area (TPSA) is 41.1 Å². The zero-order chi connectivity index (χ0) is 18.4. The van der Waals surface area contributed by atoms with Gasteiger partial charge >= 0.3 is 6.03 Å². The van der Waals surface area contributed by atoms with E-state index in [4.69, 9.17) is 0 Å². The van der Waals surface area contributed by atoms with Crippen molar-refractivity contribution in [3.63, 3.8) is 0 Å². The summed E-state index contributed by atoms with van der Waals surface area (Å²) in [4.78, 5) is 12.2. The van der Waals surface area contributed by atoms with Crippen molar-refractivity contribution in [2.45, 2.75) is 45.1 Å². The molecule has 0 bridgehead atoms. The molecule has 0 aliphatic heterocycles. The van der Waals surface area contributed by atoms with Gasteiger partial charge in [-0.05, 0) is 72.6 Å². The SMILES string of the molecule is CCC(NC(=O)N/C=C/c1ccc(Br)cc1)c1ccc2c(c1)CCCC2. The van der Waals surface area contributed by atoms with E-state index >= 15 is 0 Å². The molecule has 0 fully saturated rings. The molecule has 136 valence electrons. The molecule has 26 heavy (non-hydrogen) atoms. The highest BCUT2D eigenvalue weighted by atomic mass is 79.9. The highest BCUT2D eigenvalue weighted by molar-refractivity contribution is 9.10. The predicted molar refractivity (Wildman–Crippen MR) is 111 cm³/mol. The number of halogens is 1. The number of nitrogens with one attached hydrogen (secondary N) is 2. The maximum Gasteiger partial charge on any atom is 0.319 e. The van der Waals surface area contributed by atoms with Gasteiger partial charge in [-0.3, -0.25) is 0 Å². The Bertz CT molecular complexity index is 783. The second-order valence-electron chi connectivity index (χ2n) is 6.70. The van der Waals surface area contributed by atoms with Crippen LogP contribution in [0, 0.1) is 0 Å². The van der Waals surface area contributed by atoms with E-state index in [0.717, 1.165) is 22.9 Å². The second-order valence-corrected chi connectivity index (χ2v) is 7.61. The van der Waals surface area contributed by atoms with Gasteiger partial charge in [-0.25, -0.2) is 4.79 Å². The Balaban J connectivity index is 1.59. The Labute approximate surface area is 164 Å². The van der Waals surface area contributed by atoms with E-state index in [9.17, 15) is 4.79 Å². The first-order valence-electron chi connectivity index (χ1n) is 9.26. The maximum absolute atomic E-state index is 12.2. The Kier molecular flexibility index (Phi) is 6.51. The van der Waals surface area contributed by atoms with Crippen LogP contribution in [0.3, 0.4) is 0 Å². The van der Waals surface area contributed by atoms with E-state index in [1.54, 1.807) is 6.20 Å². The van der Waals surface area contributed by atoms with Gasteiger partial charge in [0, 0.05) is 10.7 Å². The summed E-state index contributed by atoms with van der Waals surface area (Å²) in [6.45, 7) is 2.10. The van der Waals surface area contributed by atoms with E-state index in [1.807, 2.05) is 30.3 Å². The quantitative estimate of drug-likeness (QED) is 0.644. The number of urea groups is 1. The molecule has 2 aromatic carbocycles. The number of benzene rings is 2. The van der Waals surface area contributed by atoms with Crippen molar-refractivity contribution in [3.8, 4) is 0 Å². The number of carbonyl (C=O) groups is 1. The highest BCUT2D eigenvalue weighted by Gasteiger charge is 2.15. The van der Waals surface area contributed by atoms with Crippen molar-refractivity contribution in [1.82, 2.24) is 10.6 Å². The molecule has 0 heterocycles. The smallest absolute Gasteiger partial charge is 0.319 e. The molecule has 2 aromatic rings. The molecule has 1 atom stereocenters. The van der Waals surface area contributed by atoms with Crippen LogP contribution in [0.25, 0.3) is 6.08 Å². The van der Waals surface area contributed by atoms with Crippen molar-refractivity contribution in [2.24, 2.45) is 0 Å². The first kappa shape index (κ1) is 18.7. The first-order chi connectivity index (χ1) is 12.7. The largest absolute Gasteiger partial charge is 0.331 e. The van der Waals surface area contributed by atoms with Gasteiger partial charge in [0.2, 0.25) is 0 Å². The monoisotopic (exact) mass is 412 g/mol. The summed E-state index contributed by atoms with van der Waals surface area (Å²) in [5, 5.41) is 5.88. The molecule has 2 N–H and O–H groups in total. The predicted octanol–water partition coefficient (Wildman–Crippen LogP) is 5.75. The number of rotatable bonds is 5. The third kappa shape index (κ3) is 4.98. The standard InChI is InChI=1S/C22H25BrN2O/c1-2-21(19-10-9-17-5-3-4-6-18(17)15-19)25-22(26)24-14-13-16-7-11-20(23)12-8-16/h7-15,21H,2-6H2,1H3,(H2,24,25,26)/b14-13+. The average molecular weight is 413 g/mol. The molecule has 0 aromatic heterocycles. The molecular formula is C22H25BrN2O. The fourth-order valence-electron chi connectivity index (χ4n) is 3.38. The summed E-state index contributed by atoms with van der Waals surface area (Å²) < 4.78 is 1.04. The molecule has 1 aliphatic carbocycles. The van der Waals surface area contributed by atoms with Crippen molar-refractivity contribution in [3.05, 3.63) is 75.4 Å². The minimum Gasteiger partial charge on any atom is -0.331 e. The van der Waals surface area contributed by atoms with Crippen molar-refractivity contribution >= 4 is 28.0 Å². The number of fused-ring (bicyclic) bond motifs is 1. The summed E-state index contributed by atoms with van der Waals surface area (Å²) in [5.74, 6) is 0. The molecule has 3 nitrogen and oxygen atoms in total. The Morgan fingerprint density at radius 3 is 2.58 bits per heavy atom. The zero-order valence-corrected chi connectivity index (χ0v) is 16.7. The molecule has 0 saturated carbocycles. The van der Waals surface area contributed by atoms with Gasteiger partial charge in [-0.1, -0.05) is 53.2 Å². The molecule has 4 heteroatoms. The van der Waals surface area contributed by atoms with Crippen LogP contribution < -0.4 is 10.6 Å². The maximum atomic E-state index is 12.2. The van der Waals surface area contributed by atoms with Crippen LogP contribution in [0.5, 0.6) is 0 Å². The third-order valence-corrected chi connectivity index (χ3v) is 5.38. The van der Waals surface area contributed by atoms with Crippen molar-refractivity contribution < 1.29 is 4.79 Å². The van der Waals surface area contributed by atoms with Gasteiger partial charge < -0.3 is 10.6 Å². The number of carbonyl (C=O) groups excluding carboxylic acids is 1. The van der Waals surface area contributed by atoms with Crippen molar-refractivity contribution in [1.29, 1.82) is 0 Å². The minimum atomic E-state index is -0.178. The van der Waals surface area contributed by atoms with Crippen LogP contribution >= 0.6 is 15.9 Å². The average Bonchev–Trinajstić information content (AvgIpc) is 2.67. The fourth-order valence-corrected chi connectivity index (χ4v) is 3.64. The fraction of sp³-hybridized carbons (Fsp3) is 0.318. The third-order valence-electron chi connectivity index (χ3n) is 4.85. The molecule has 0 radical (unpaired) electrons. The lowest BCUT2D eigenvalue weighted by Gasteiger charge is -2.21. The van der Waals surface area contributed by atoms with E-state index in [2.05, 4.69) is 51.7 Å². The summed E-state index contributed by atoms with van der Waals surface area (Å²) in [7, 11) is 0. The zero-order valence-electron chi connectivity index (χ0n) is 15.1. The summed E-state index contributed by atoms with van der Waals surface area (Å²) in [6.07, 6.45) is 9.31. The number of hydrogen-bond acceptors (Lipinski definition) is 1. The Morgan fingerprint density at radius 1 is 1.12 bits per heavy atom. The number of hydrogen-bond donors (Lipinski definition) is 2. The molecule has 2 amide bonds. The molecular weight excluding hydrogens is 388 g/mol.